The number of amides is 2. The number of anilines is 1. The van der Waals surface area contributed by atoms with Crippen molar-refractivity contribution < 1.29 is 19.4 Å². The highest BCUT2D eigenvalue weighted by molar-refractivity contribution is 6.02. The minimum atomic E-state index is -0.324. The maximum atomic E-state index is 13.2. The lowest BCUT2D eigenvalue weighted by molar-refractivity contribution is -0.134. The number of aliphatic hydroxyl groups excluding tert-OH is 1. The summed E-state index contributed by atoms with van der Waals surface area (Å²) in [6, 6.07) is 16.7. The van der Waals surface area contributed by atoms with E-state index in [-0.39, 0.29) is 37.1 Å². The summed E-state index contributed by atoms with van der Waals surface area (Å²) in [5.41, 5.74) is 7.53. The van der Waals surface area contributed by atoms with Crippen molar-refractivity contribution in [3.8, 4) is 5.75 Å². The van der Waals surface area contributed by atoms with Gasteiger partial charge >= 0.3 is 0 Å². The lowest BCUT2D eigenvalue weighted by Crippen LogP contribution is -2.40. The van der Waals surface area contributed by atoms with Gasteiger partial charge in [0.15, 0.2) is 6.61 Å². The van der Waals surface area contributed by atoms with E-state index in [4.69, 9.17) is 10.5 Å². The second-order valence-electron chi connectivity index (χ2n) is 8.69. The molecule has 1 fully saturated rings. The van der Waals surface area contributed by atoms with Crippen LogP contribution in [0.15, 0.2) is 60.8 Å². The van der Waals surface area contributed by atoms with Gasteiger partial charge in [-0.3, -0.25) is 19.5 Å². The number of likely N-dealkylation sites (N-methyl/N-ethyl adjacent to an activating group) is 1. The number of fused-ring (bicyclic) bond motifs is 1. The first kappa shape index (κ1) is 24.6. The first-order chi connectivity index (χ1) is 17.0. The van der Waals surface area contributed by atoms with Crippen LogP contribution >= 0.6 is 0 Å². The number of aromatic nitrogens is 1. The molecule has 4 rings (SSSR count). The molecule has 1 aliphatic rings. The zero-order valence-electron chi connectivity index (χ0n) is 19.8. The van der Waals surface area contributed by atoms with Crippen molar-refractivity contribution in [2.45, 2.75) is 18.6 Å². The number of nitrogens with two attached hydrogens (primary N) is 1. The largest absolute Gasteiger partial charge is 0.483 e. The molecule has 1 aromatic heterocycles. The van der Waals surface area contributed by atoms with E-state index in [1.54, 1.807) is 36.3 Å². The fraction of sp³-hybridized carbons (Fsp3) is 0.346. The molecule has 2 atom stereocenters. The molecule has 2 aromatic carbocycles. The number of pyridine rings is 1. The van der Waals surface area contributed by atoms with Gasteiger partial charge in [0, 0.05) is 38.3 Å². The van der Waals surface area contributed by atoms with E-state index < -0.39 is 0 Å². The quantitative estimate of drug-likeness (QED) is 0.430. The van der Waals surface area contributed by atoms with E-state index in [1.807, 2.05) is 36.4 Å². The molecule has 0 radical (unpaired) electrons. The molecule has 2 amide bonds. The normalized spacial score (nSPS) is 16.7. The van der Waals surface area contributed by atoms with Gasteiger partial charge in [0.1, 0.15) is 5.75 Å². The Labute approximate surface area is 204 Å². The lowest BCUT2D eigenvalue weighted by Gasteiger charge is -2.32. The van der Waals surface area contributed by atoms with E-state index in [0.29, 0.717) is 35.4 Å². The van der Waals surface area contributed by atoms with Crippen LogP contribution in [0.1, 0.15) is 18.0 Å². The molecule has 0 unspecified atom stereocenters. The van der Waals surface area contributed by atoms with Gasteiger partial charge in [-0.2, -0.15) is 0 Å². The highest BCUT2D eigenvalue weighted by Crippen LogP contribution is 2.30. The van der Waals surface area contributed by atoms with Crippen molar-refractivity contribution in [1.82, 2.24) is 14.8 Å². The number of carbonyl (C=O) groups excluding carboxylic acids is 2. The van der Waals surface area contributed by atoms with E-state index in [2.05, 4.69) is 15.2 Å². The Morgan fingerprint density at radius 1 is 1.23 bits per heavy atom. The number of likely N-dealkylation sites (tertiary alicyclic amines) is 1. The average molecular weight is 478 g/mol. The van der Waals surface area contributed by atoms with Crippen molar-refractivity contribution in [2.75, 3.05) is 45.2 Å². The number of benzene rings is 2. The van der Waals surface area contributed by atoms with Gasteiger partial charge in [-0.1, -0.05) is 30.3 Å². The van der Waals surface area contributed by atoms with Gasteiger partial charge in [-0.05, 0) is 36.2 Å². The third kappa shape index (κ3) is 5.94. The fourth-order valence-electron chi connectivity index (χ4n) is 4.34. The lowest BCUT2D eigenvalue weighted by atomic mass is 10.0. The highest BCUT2D eigenvalue weighted by Gasteiger charge is 2.28. The predicted octanol–water partition coefficient (Wildman–Crippen LogP) is 1.78. The van der Waals surface area contributed by atoms with Crippen LogP contribution in [0.4, 0.5) is 5.69 Å². The summed E-state index contributed by atoms with van der Waals surface area (Å²) < 4.78 is 5.94. The first-order valence-corrected chi connectivity index (χ1v) is 11.7. The molecule has 35 heavy (non-hydrogen) atoms. The van der Waals surface area contributed by atoms with Gasteiger partial charge < -0.3 is 25.8 Å². The zero-order valence-corrected chi connectivity index (χ0v) is 19.8. The molecule has 1 aliphatic heterocycles. The fourth-order valence-corrected chi connectivity index (χ4v) is 4.34. The number of hydrogen-bond acceptors (Lipinski definition) is 7. The molecular weight excluding hydrogens is 446 g/mol. The molecule has 2 heterocycles. The van der Waals surface area contributed by atoms with Crippen molar-refractivity contribution in [3.05, 3.63) is 66.4 Å². The van der Waals surface area contributed by atoms with Crippen LogP contribution < -0.4 is 15.8 Å². The molecule has 9 nitrogen and oxygen atoms in total. The van der Waals surface area contributed by atoms with E-state index in [9.17, 15) is 14.7 Å². The Bertz CT molecular complexity index is 1170. The summed E-state index contributed by atoms with van der Waals surface area (Å²) in [5.74, 6) is 0.00979. The highest BCUT2D eigenvalue weighted by atomic mass is 16.5. The third-order valence-corrected chi connectivity index (χ3v) is 6.26. The summed E-state index contributed by atoms with van der Waals surface area (Å²) in [6.45, 7) is 1.75. The molecule has 3 aromatic rings. The van der Waals surface area contributed by atoms with Crippen molar-refractivity contribution in [2.24, 2.45) is 5.73 Å². The first-order valence-electron chi connectivity index (χ1n) is 11.7. The van der Waals surface area contributed by atoms with Crippen molar-refractivity contribution in [3.63, 3.8) is 0 Å². The summed E-state index contributed by atoms with van der Waals surface area (Å²) in [6.07, 6.45) is 2.05. The summed E-state index contributed by atoms with van der Waals surface area (Å²) in [7, 11) is 1.78. The number of ether oxygens (including phenoxy) is 1. The number of nitrogens with one attached hydrogen (secondary N) is 1. The summed E-state index contributed by atoms with van der Waals surface area (Å²) in [5, 5.41) is 13.4. The molecule has 184 valence electrons. The van der Waals surface area contributed by atoms with Crippen molar-refractivity contribution >= 4 is 28.4 Å². The number of carbonyl (C=O) groups is 2. The Balaban J connectivity index is 1.49. The second kappa shape index (κ2) is 11.3. The number of aliphatic hydroxyl groups is 1. The van der Waals surface area contributed by atoms with Crippen LogP contribution in [-0.2, 0) is 9.59 Å². The average Bonchev–Trinajstić information content (AvgIpc) is 3.31. The van der Waals surface area contributed by atoms with Crippen LogP contribution in [0.5, 0.6) is 5.75 Å². The topological polar surface area (TPSA) is 121 Å². The Morgan fingerprint density at radius 2 is 2.03 bits per heavy atom. The molecular formula is C26H31N5O4. The van der Waals surface area contributed by atoms with Crippen LogP contribution in [0, 0.1) is 0 Å². The molecule has 0 saturated carbocycles. The molecule has 0 aliphatic carbocycles. The van der Waals surface area contributed by atoms with Gasteiger partial charge in [0.25, 0.3) is 5.91 Å². The van der Waals surface area contributed by atoms with Crippen LogP contribution in [0.3, 0.4) is 0 Å². The van der Waals surface area contributed by atoms with E-state index in [1.165, 1.54) is 0 Å². The smallest absolute Gasteiger partial charge is 0.260 e. The minimum Gasteiger partial charge on any atom is -0.483 e. The number of hydrogen-bond donors (Lipinski definition) is 3. The predicted molar refractivity (Wildman–Crippen MR) is 134 cm³/mol. The SMILES string of the molecule is CN(C(=O)COc1ccc(NC(=O)CN)c2ncccc12)[C@H](CN1CC[C@H](O)C1)c1ccccc1. The van der Waals surface area contributed by atoms with E-state index in [0.717, 1.165) is 18.5 Å². The van der Waals surface area contributed by atoms with Crippen molar-refractivity contribution in [1.29, 1.82) is 0 Å². The molecule has 1 saturated heterocycles. The standard InChI is InChI=1S/C26H31N5O4/c1-30(22(18-6-3-2-4-7-18)16-31-13-11-19(32)15-31)25(34)17-35-23-10-9-21(29-24(33)14-27)26-20(23)8-5-12-28-26/h2-10,12,19,22,32H,11,13-17,27H2,1H3,(H,29,33)/t19-,22+/m0/s1. The van der Waals surface area contributed by atoms with Gasteiger partial charge in [-0.25, -0.2) is 0 Å². The molecule has 0 bridgehead atoms. The number of nitrogens with zero attached hydrogens (tertiary/aromatic N) is 3. The second-order valence-corrected chi connectivity index (χ2v) is 8.69. The Morgan fingerprint density at radius 3 is 2.74 bits per heavy atom. The van der Waals surface area contributed by atoms with Crippen LogP contribution in [0.25, 0.3) is 10.9 Å². The maximum Gasteiger partial charge on any atom is 0.260 e. The monoisotopic (exact) mass is 477 g/mol. The van der Waals surface area contributed by atoms with Gasteiger partial charge in [-0.15, -0.1) is 0 Å². The Kier molecular flexibility index (Phi) is 7.91. The Hall–Kier alpha value is -3.53. The third-order valence-electron chi connectivity index (χ3n) is 6.26. The zero-order chi connectivity index (χ0) is 24.8. The van der Waals surface area contributed by atoms with Crippen LogP contribution in [0.2, 0.25) is 0 Å². The van der Waals surface area contributed by atoms with Gasteiger partial charge in [0.05, 0.1) is 29.9 Å². The molecule has 0 spiro atoms. The maximum absolute atomic E-state index is 13.2. The van der Waals surface area contributed by atoms with Crippen LogP contribution in [-0.4, -0.2) is 77.6 Å². The summed E-state index contributed by atoms with van der Waals surface area (Å²) >= 11 is 0. The minimum absolute atomic E-state index is 0.133. The van der Waals surface area contributed by atoms with Gasteiger partial charge in [0.2, 0.25) is 5.91 Å². The van der Waals surface area contributed by atoms with E-state index >= 15 is 0 Å². The number of β-amino-alcohol motifs (C(OH)–C–C–N with tert-alkyl or cyclic N) is 1. The number of rotatable bonds is 9. The molecule has 4 N–H and O–H groups in total. The summed E-state index contributed by atoms with van der Waals surface area (Å²) in [4.78, 5) is 33.2. The molecule has 9 heteroatoms.